The first kappa shape index (κ1) is 17.6. The van der Waals surface area contributed by atoms with Gasteiger partial charge in [0.05, 0.1) is 6.54 Å². The zero-order valence-corrected chi connectivity index (χ0v) is 16.0. The molecule has 0 spiro atoms. The quantitative estimate of drug-likeness (QED) is 0.817. The van der Waals surface area contributed by atoms with Gasteiger partial charge in [0, 0.05) is 18.0 Å². The molecule has 4 bridgehead atoms. The molecule has 2 N–H and O–H groups in total. The summed E-state index contributed by atoms with van der Waals surface area (Å²) in [5, 5.41) is 6.46. The molecule has 0 aliphatic heterocycles. The van der Waals surface area contributed by atoms with Crippen LogP contribution in [0.2, 0.25) is 0 Å². The van der Waals surface area contributed by atoms with E-state index >= 15 is 0 Å². The van der Waals surface area contributed by atoms with E-state index in [1.165, 1.54) is 25.5 Å². The average molecular weight is 383 g/mol. The number of aromatic amines is 1. The second kappa shape index (κ2) is 6.53. The molecular formula is C20H25N5O3. The Morgan fingerprint density at radius 1 is 1.25 bits per heavy atom. The Hall–Kier alpha value is -2.51. The summed E-state index contributed by atoms with van der Waals surface area (Å²) in [6, 6.07) is 0. The minimum Gasteiger partial charge on any atom is -0.344 e. The van der Waals surface area contributed by atoms with E-state index in [4.69, 9.17) is 4.52 Å². The van der Waals surface area contributed by atoms with Crippen molar-refractivity contribution in [2.75, 3.05) is 0 Å². The van der Waals surface area contributed by atoms with Gasteiger partial charge in [-0.15, -0.1) is 0 Å². The molecule has 28 heavy (non-hydrogen) atoms. The molecule has 4 fully saturated rings. The van der Waals surface area contributed by atoms with Crippen molar-refractivity contribution in [3.05, 3.63) is 39.7 Å². The van der Waals surface area contributed by atoms with Crippen molar-refractivity contribution in [3.63, 3.8) is 0 Å². The van der Waals surface area contributed by atoms with Crippen LogP contribution in [-0.4, -0.2) is 26.0 Å². The summed E-state index contributed by atoms with van der Waals surface area (Å²) in [6.45, 7) is 2.02. The number of hydrogen-bond donors (Lipinski definition) is 2. The van der Waals surface area contributed by atoms with Gasteiger partial charge in [0.2, 0.25) is 5.89 Å². The fourth-order valence-corrected chi connectivity index (χ4v) is 5.99. The molecule has 0 radical (unpaired) electrons. The zero-order chi connectivity index (χ0) is 19.3. The Labute approximate surface area is 162 Å². The standard InChI is InChI=1S/C20H25N5O3/c1-2-16-23-15(25-28-16)10-21-17(26)14-9-22-19(24-18(14)27)20-6-11-3-12(7-20)5-13(4-11)8-20/h9,11-13H,2-8,10H2,1H3,(H,21,26)(H,22,24,27). The molecule has 8 nitrogen and oxygen atoms in total. The number of nitrogens with zero attached hydrogens (tertiary/aromatic N) is 3. The number of hydrogen-bond acceptors (Lipinski definition) is 6. The first-order valence-electron chi connectivity index (χ1n) is 10.2. The van der Waals surface area contributed by atoms with Crippen LogP contribution in [0.5, 0.6) is 0 Å². The monoisotopic (exact) mass is 383 g/mol. The van der Waals surface area contributed by atoms with Crippen molar-refractivity contribution in [3.8, 4) is 0 Å². The number of carbonyl (C=O) groups excluding carboxylic acids is 1. The highest BCUT2D eigenvalue weighted by Gasteiger charge is 2.52. The van der Waals surface area contributed by atoms with E-state index in [0.29, 0.717) is 18.1 Å². The van der Waals surface area contributed by atoms with Gasteiger partial charge in [-0.2, -0.15) is 4.98 Å². The van der Waals surface area contributed by atoms with Crippen LogP contribution in [0.1, 0.15) is 73.3 Å². The summed E-state index contributed by atoms with van der Waals surface area (Å²) < 4.78 is 5.02. The van der Waals surface area contributed by atoms with Crippen molar-refractivity contribution >= 4 is 5.91 Å². The van der Waals surface area contributed by atoms with Gasteiger partial charge in [-0.25, -0.2) is 4.98 Å². The number of H-pyrrole nitrogens is 1. The molecular weight excluding hydrogens is 358 g/mol. The molecule has 4 aliphatic carbocycles. The number of nitrogens with one attached hydrogen (secondary N) is 2. The van der Waals surface area contributed by atoms with Crippen LogP contribution < -0.4 is 10.9 Å². The van der Waals surface area contributed by atoms with E-state index in [9.17, 15) is 9.59 Å². The molecule has 0 atom stereocenters. The lowest BCUT2D eigenvalue weighted by Crippen LogP contribution is -2.50. The fraction of sp³-hybridized carbons (Fsp3) is 0.650. The van der Waals surface area contributed by atoms with Crippen LogP contribution in [0, 0.1) is 17.8 Å². The lowest BCUT2D eigenvalue weighted by atomic mass is 9.49. The normalized spacial score (nSPS) is 30.5. The van der Waals surface area contributed by atoms with Gasteiger partial charge < -0.3 is 14.8 Å². The maximum atomic E-state index is 12.6. The van der Waals surface area contributed by atoms with Gasteiger partial charge >= 0.3 is 0 Å². The molecule has 4 aliphatic rings. The summed E-state index contributed by atoms with van der Waals surface area (Å²) in [6.07, 6.45) is 9.41. The third-order valence-electron chi connectivity index (χ3n) is 6.80. The van der Waals surface area contributed by atoms with Gasteiger partial charge in [-0.3, -0.25) is 9.59 Å². The SMILES string of the molecule is CCc1nc(CNC(=O)c2cnc(C34CC5CC(CC(C5)C3)C4)[nH]c2=O)no1. The second-order valence-electron chi connectivity index (χ2n) is 8.81. The third-order valence-corrected chi connectivity index (χ3v) is 6.80. The summed E-state index contributed by atoms with van der Waals surface area (Å²) in [7, 11) is 0. The predicted molar refractivity (Wildman–Crippen MR) is 99.6 cm³/mol. The first-order chi connectivity index (χ1) is 13.5. The van der Waals surface area contributed by atoms with Crippen molar-refractivity contribution in [2.45, 2.75) is 63.8 Å². The minimum atomic E-state index is -0.478. The predicted octanol–water partition coefficient (Wildman–Crippen LogP) is 2.11. The van der Waals surface area contributed by atoms with Crippen LogP contribution in [-0.2, 0) is 18.4 Å². The Morgan fingerprint density at radius 3 is 2.50 bits per heavy atom. The maximum Gasteiger partial charge on any atom is 0.263 e. The number of aryl methyl sites for hydroxylation is 1. The molecule has 6 rings (SSSR count). The van der Waals surface area contributed by atoms with Crippen molar-refractivity contribution < 1.29 is 9.32 Å². The fourth-order valence-electron chi connectivity index (χ4n) is 5.99. The van der Waals surface area contributed by atoms with Crippen LogP contribution in [0.4, 0.5) is 0 Å². The largest absolute Gasteiger partial charge is 0.344 e. The molecule has 0 unspecified atom stereocenters. The molecule has 0 aromatic carbocycles. The van der Waals surface area contributed by atoms with Crippen LogP contribution in [0.3, 0.4) is 0 Å². The number of aromatic nitrogens is 4. The van der Waals surface area contributed by atoms with Gasteiger partial charge in [-0.1, -0.05) is 12.1 Å². The number of carbonyl (C=O) groups is 1. The highest BCUT2D eigenvalue weighted by molar-refractivity contribution is 5.93. The molecule has 2 aromatic heterocycles. The van der Waals surface area contributed by atoms with Crippen LogP contribution in [0.15, 0.2) is 15.5 Å². The highest BCUT2D eigenvalue weighted by Crippen LogP contribution is 2.59. The third kappa shape index (κ3) is 2.95. The highest BCUT2D eigenvalue weighted by atomic mass is 16.5. The molecule has 2 aromatic rings. The van der Waals surface area contributed by atoms with Crippen molar-refractivity contribution in [2.24, 2.45) is 17.8 Å². The molecule has 2 heterocycles. The Morgan fingerprint density at radius 2 is 1.93 bits per heavy atom. The first-order valence-corrected chi connectivity index (χ1v) is 10.2. The minimum absolute atomic E-state index is 0.00407. The van der Waals surface area contributed by atoms with Gasteiger partial charge in [0.25, 0.3) is 11.5 Å². The molecule has 1 amide bonds. The van der Waals surface area contributed by atoms with Crippen molar-refractivity contribution in [1.82, 2.24) is 25.4 Å². The van der Waals surface area contributed by atoms with E-state index in [2.05, 4.69) is 25.4 Å². The summed E-state index contributed by atoms with van der Waals surface area (Å²) >= 11 is 0. The number of rotatable bonds is 5. The van der Waals surface area contributed by atoms with Gasteiger partial charge in [0.1, 0.15) is 11.4 Å². The maximum absolute atomic E-state index is 12.6. The van der Waals surface area contributed by atoms with E-state index in [-0.39, 0.29) is 23.1 Å². The lowest BCUT2D eigenvalue weighted by molar-refractivity contribution is -0.00953. The molecule has 148 valence electrons. The lowest BCUT2D eigenvalue weighted by Gasteiger charge is -2.56. The molecule has 4 saturated carbocycles. The second-order valence-corrected chi connectivity index (χ2v) is 8.81. The van der Waals surface area contributed by atoms with Gasteiger partial charge in [-0.05, 0) is 56.3 Å². The molecule has 8 heteroatoms. The van der Waals surface area contributed by atoms with E-state index in [1.54, 1.807) is 0 Å². The summed E-state index contributed by atoms with van der Waals surface area (Å²) in [5.41, 5.74) is -0.349. The summed E-state index contributed by atoms with van der Waals surface area (Å²) in [4.78, 5) is 36.7. The Balaban J connectivity index is 1.32. The topological polar surface area (TPSA) is 114 Å². The van der Waals surface area contributed by atoms with E-state index < -0.39 is 5.91 Å². The summed E-state index contributed by atoms with van der Waals surface area (Å²) in [5.74, 6) is 3.50. The van der Waals surface area contributed by atoms with Crippen LogP contribution >= 0.6 is 0 Å². The Bertz CT molecular complexity index is 927. The number of amides is 1. The van der Waals surface area contributed by atoms with Crippen molar-refractivity contribution in [1.29, 1.82) is 0 Å². The molecule has 0 saturated heterocycles. The van der Waals surface area contributed by atoms with Crippen LogP contribution in [0.25, 0.3) is 0 Å². The zero-order valence-electron chi connectivity index (χ0n) is 16.0. The average Bonchev–Trinajstić information content (AvgIpc) is 3.13. The smallest absolute Gasteiger partial charge is 0.263 e. The van der Waals surface area contributed by atoms with Gasteiger partial charge in [0.15, 0.2) is 5.82 Å². The van der Waals surface area contributed by atoms with E-state index in [1.807, 2.05) is 6.92 Å². The Kier molecular flexibility index (Phi) is 4.10. The van der Waals surface area contributed by atoms with E-state index in [0.717, 1.165) is 42.8 Å².